The minimum absolute atomic E-state index is 0.118. The summed E-state index contributed by atoms with van der Waals surface area (Å²) in [5.74, 6) is 0.374. The van der Waals surface area contributed by atoms with E-state index in [1.165, 1.54) is 0 Å². The van der Waals surface area contributed by atoms with Crippen LogP contribution in [0, 0.1) is 5.92 Å². The highest BCUT2D eigenvalue weighted by Gasteiger charge is 2.19. The van der Waals surface area contributed by atoms with Crippen LogP contribution in [0.25, 0.3) is 0 Å². The van der Waals surface area contributed by atoms with Crippen LogP contribution in [0.5, 0.6) is 0 Å². The van der Waals surface area contributed by atoms with Crippen LogP contribution in [0.4, 0.5) is 0 Å². The summed E-state index contributed by atoms with van der Waals surface area (Å²) in [6.45, 7) is 4.82. The van der Waals surface area contributed by atoms with Crippen molar-refractivity contribution in [2.45, 2.75) is 13.3 Å². The molecule has 4 nitrogen and oxygen atoms in total. The molecule has 0 aliphatic rings. The number of amides is 1. The molecule has 0 spiro atoms. The predicted molar refractivity (Wildman–Crippen MR) is 71.5 cm³/mol. The number of rotatable bonds is 9. The van der Waals surface area contributed by atoms with Crippen molar-refractivity contribution in [3.63, 3.8) is 0 Å². The third-order valence-corrected chi connectivity index (χ3v) is 3.03. The predicted octanol–water partition coefficient (Wildman–Crippen LogP) is 1.29. The summed E-state index contributed by atoms with van der Waals surface area (Å²) < 4.78 is 5.03. The summed E-state index contributed by atoms with van der Waals surface area (Å²) in [6, 6.07) is 0. The van der Waals surface area contributed by atoms with Crippen LogP contribution in [0.1, 0.15) is 13.3 Å². The maximum atomic E-state index is 12.0. The Balaban J connectivity index is 4.16. The number of ether oxygens (including phenoxy) is 1. The standard InChI is InChI=1S/C12H25ClN2O2/c1-11(10-13)12(16)15(8-9-17-4)7-5-6-14(2)3/h11H,5-10H2,1-4H3. The van der Waals surface area contributed by atoms with Gasteiger partial charge in [-0.15, -0.1) is 11.6 Å². The maximum Gasteiger partial charge on any atom is 0.226 e. The van der Waals surface area contributed by atoms with Crippen LogP contribution in [-0.2, 0) is 9.53 Å². The molecule has 5 heteroatoms. The zero-order valence-electron chi connectivity index (χ0n) is 11.4. The second-order valence-electron chi connectivity index (χ2n) is 4.53. The van der Waals surface area contributed by atoms with Crippen LogP contribution < -0.4 is 0 Å². The largest absolute Gasteiger partial charge is 0.383 e. The molecule has 102 valence electrons. The number of carbonyl (C=O) groups excluding carboxylic acids is 1. The van der Waals surface area contributed by atoms with Gasteiger partial charge in [0, 0.05) is 32.0 Å². The lowest BCUT2D eigenvalue weighted by Crippen LogP contribution is -2.39. The van der Waals surface area contributed by atoms with Crippen LogP contribution in [0.15, 0.2) is 0 Å². The Morgan fingerprint density at radius 3 is 2.41 bits per heavy atom. The van der Waals surface area contributed by atoms with Crippen LogP contribution in [0.3, 0.4) is 0 Å². The van der Waals surface area contributed by atoms with E-state index in [-0.39, 0.29) is 11.8 Å². The molecule has 0 saturated carbocycles. The highest BCUT2D eigenvalue weighted by atomic mass is 35.5. The SMILES string of the molecule is COCCN(CCCN(C)C)C(=O)C(C)CCl. The van der Waals surface area contributed by atoms with Gasteiger partial charge >= 0.3 is 0 Å². The fourth-order valence-corrected chi connectivity index (χ4v) is 1.62. The van der Waals surface area contributed by atoms with Crippen LogP contribution in [0.2, 0.25) is 0 Å². The first-order valence-electron chi connectivity index (χ1n) is 6.01. The van der Waals surface area contributed by atoms with Gasteiger partial charge in [0.2, 0.25) is 5.91 Å². The summed E-state index contributed by atoms with van der Waals surface area (Å²) in [4.78, 5) is 16.0. The lowest BCUT2D eigenvalue weighted by Gasteiger charge is -2.25. The number of hydrogen-bond donors (Lipinski definition) is 0. The van der Waals surface area contributed by atoms with Crippen molar-refractivity contribution in [3.05, 3.63) is 0 Å². The van der Waals surface area contributed by atoms with Crippen molar-refractivity contribution < 1.29 is 9.53 Å². The molecule has 0 aromatic heterocycles. The quantitative estimate of drug-likeness (QED) is 0.589. The van der Waals surface area contributed by atoms with Crippen molar-refractivity contribution >= 4 is 17.5 Å². The molecule has 0 saturated heterocycles. The third kappa shape index (κ3) is 7.58. The minimum atomic E-state index is -0.118. The van der Waals surface area contributed by atoms with E-state index in [1.807, 2.05) is 25.9 Å². The normalized spacial score (nSPS) is 12.8. The molecule has 17 heavy (non-hydrogen) atoms. The average Bonchev–Trinajstić information content (AvgIpc) is 2.31. The average molecular weight is 265 g/mol. The molecule has 0 heterocycles. The van der Waals surface area contributed by atoms with Crippen molar-refractivity contribution in [2.24, 2.45) is 5.92 Å². The fourth-order valence-electron chi connectivity index (χ4n) is 1.49. The number of methoxy groups -OCH3 is 1. The van der Waals surface area contributed by atoms with Gasteiger partial charge in [-0.05, 0) is 27.1 Å². The van der Waals surface area contributed by atoms with E-state index in [1.54, 1.807) is 7.11 Å². The van der Waals surface area contributed by atoms with E-state index < -0.39 is 0 Å². The Morgan fingerprint density at radius 2 is 1.94 bits per heavy atom. The van der Waals surface area contributed by atoms with E-state index in [4.69, 9.17) is 16.3 Å². The molecule has 0 aromatic carbocycles. The molecule has 0 aliphatic heterocycles. The summed E-state index contributed by atoms with van der Waals surface area (Å²) >= 11 is 5.72. The fraction of sp³-hybridized carbons (Fsp3) is 0.917. The Labute approximate surface area is 110 Å². The minimum Gasteiger partial charge on any atom is -0.383 e. The molecule has 0 aliphatic carbocycles. The topological polar surface area (TPSA) is 32.8 Å². The first kappa shape index (κ1) is 16.7. The summed E-state index contributed by atoms with van der Waals surface area (Å²) in [5.41, 5.74) is 0. The molecule has 1 unspecified atom stereocenters. The number of halogens is 1. The summed E-state index contributed by atoms with van der Waals surface area (Å²) in [5, 5.41) is 0. The number of alkyl halides is 1. The molecule has 0 radical (unpaired) electrons. The van der Waals surface area contributed by atoms with E-state index in [9.17, 15) is 4.79 Å². The van der Waals surface area contributed by atoms with Gasteiger partial charge in [0.25, 0.3) is 0 Å². The van der Waals surface area contributed by atoms with Gasteiger partial charge in [-0.25, -0.2) is 0 Å². The summed E-state index contributed by atoms with van der Waals surface area (Å²) in [7, 11) is 5.71. The van der Waals surface area contributed by atoms with Crippen LogP contribution in [-0.4, -0.2) is 69.0 Å². The first-order chi connectivity index (χ1) is 8.02. The molecule has 0 rings (SSSR count). The molecular weight excluding hydrogens is 240 g/mol. The van der Waals surface area contributed by atoms with Gasteiger partial charge in [0.1, 0.15) is 0 Å². The molecular formula is C12H25ClN2O2. The molecule has 0 aromatic rings. The van der Waals surface area contributed by atoms with Crippen molar-refractivity contribution in [1.82, 2.24) is 9.80 Å². The van der Waals surface area contributed by atoms with E-state index >= 15 is 0 Å². The zero-order chi connectivity index (χ0) is 13.3. The van der Waals surface area contributed by atoms with Crippen molar-refractivity contribution in [2.75, 3.05) is 53.3 Å². The molecule has 0 bridgehead atoms. The number of nitrogens with zero attached hydrogens (tertiary/aromatic N) is 2. The molecule has 1 amide bonds. The first-order valence-corrected chi connectivity index (χ1v) is 6.54. The van der Waals surface area contributed by atoms with E-state index in [2.05, 4.69) is 4.90 Å². The van der Waals surface area contributed by atoms with Gasteiger partial charge in [0.05, 0.1) is 6.61 Å². The second-order valence-corrected chi connectivity index (χ2v) is 4.84. The smallest absolute Gasteiger partial charge is 0.226 e. The Hall–Kier alpha value is -0.320. The highest BCUT2D eigenvalue weighted by molar-refractivity contribution is 6.19. The number of carbonyl (C=O) groups is 1. The Kier molecular flexibility index (Phi) is 9.50. The third-order valence-electron chi connectivity index (χ3n) is 2.56. The Morgan fingerprint density at radius 1 is 1.29 bits per heavy atom. The maximum absolute atomic E-state index is 12.0. The van der Waals surface area contributed by atoms with Crippen molar-refractivity contribution in [1.29, 1.82) is 0 Å². The number of hydrogen-bond acceptors (Lipinski definition) is 3. The van der Waals surface area contributed by atoms with Gasteiger partial charge in [-0.1, -0.05) is 6.92 Å². The van der Waals surface area contributed by atoms with E-state index in [0.29, 0.717) is 19.0 Å². The van der Waals surface area contributed by atoms with E-state index in [0.717, 1.165) is 19.5 Å². The zero-order valence-corrected chi connectivity index (χ0v) is 12.2. The van der Waals surface area contributed by atoms with Gasteiger partial charge in [-0.3, -0.25) is 4.79 Å². The molecule has 1 atom stereocenters. The second kappa shape index (κ2) is 9.68. The molecule has 0 N–H and O–H groups in total. The summed E-state index contributed by atoms with van der Waals surface area (Å²) in [6.07, 6.45) is 0.970. The lowest BCUT2D eigenvalue weighted by atomic mass is 10.2. The van der Waals surface area contributed by atoms with Gasteiger partial charge in [0.15, 0.2) is 0 Å². The van der Waals surface area contributed by atoms with Gasteiger partial charge < -0.3 is 14.5 Å². The van der Waals surface area contributed by atoms with Crippen molar-refractivity contribution in [3.8, 4) is 0 Å². The van der Waals surface area contributed by atoms with Crippen LogP contribution >= 0.6 is 11.6 Å². The molecule has 0 fully saturated rings. The van der Waals surface area contributed by atoms with Gasteiger partial charge in [-0.2, -0.15) is 0 Å². The highest BCUT2D eigenvalue weighted by Crippen LogP contribution is 2.06. The lowest BCUT2D eigenvalue weighted by molar-refractivity contribution is -0.135. The Bertz CT molecular complexity index is 213. The monoisotopic (exact) mass is 264 g/mol.